The maximum Gasteiger partial charge on any atom is 0.337 e. The number of amides is 2. The van der Waals surface area contributed by atoms with E-state index in [-0.39, 0.29) is 24.6 Å². The van der Waals surface area contributed by atoms with E-state index < -0.39 is 5.97 Å². The number of aromatic nitrogens is 2. The minimum Gasteiger partial charge on any atom is -0.463 e. The Morgan fingerprint density at radius 1 is 1.24 bits per heavy atom. The largest absolute Gasteiger partial charge is 0.463 e. The van der Waals surface area contributed by atoms with E-state index in [9.17, 15) is 9.59 Å². The smallest absolute Gasteiger partial charge is 0.337 e. The van der Waals surface area contributed by atoms with E-state index in [1.807, 2.05) is 24.3 Å². The minimum atomic E-state index is -0.458. The Morgan fingerprint density at radius 3 is 2.62 bits per heavy atom. The third kappa shape index (κ3) is 5.17. The Morgan fingerprint density at radius 2 is 1.97 bits per heavy atom. The molecule has 29 heavy (non-hydrogen) atoms. The third-order valence-corrected chi connectivity index (χ3v) is 5.17. The number of benzene rings is 1. The molecule has 0 unspecified atom stereocenters. The van der Waals surface area contributed by atoms with Gasteiger partial charge < -0.3 is 19.8 Å². The number of ether oxygens (including phenoxy) is 1. The van der Waals surface area contributed by atoms with Gasteiger partial charge in [0, 0.05) is 17.0 Å². The fourth-order valence-electron chi connectivity index (χ4n) is 2.70. The maximum atomic E-state index is 12.1. The molecule has 0 saturated carbocycles. The molecule has 1 aromatic carbocycles. The second-order valence-electron chi connectivity index (χ2n) is 7.47. The highest BCUT2D eigenvalue weighted by Crippen LogP contribution is 2.28. The number of thioether (sulfide) groups is 1. The molecule has 9 heteroatoms. The zero-order valence-electron chi connectivity index (χ0n) is 16.9. The predicted molar refractivity (Wildman–Crippen MR) is 109 cm³/mol. The number of urea groups is 1. The first kappa shape index (κ1) is 20.9. The van der Waals surface area contributed by atoms with Gasteiger partial charge in [0.1, 0.15) is 0 Å². The van der Waals surface area contributed by atoms with Crippen LogP contribution in [-0.2, 0) is 14.9 Å². The average molecular weight is 417 g/mol. The normalized spacial score (nSPS) is 14.4. The fourth-order valence-corrected chi connectivity index (χ4v) is 3.45. The summed E-state index contributed by atoms with van der Waals surface area (Å²) in [5.74, 6) is 0.259. The van der Waals surface area contributed by atoms with Crippen LogP contribution < -0.4 is 10.6 Å². The van der Waals surface area contributed by atoms with Crippen LogP contribution in [0, 0.1) is 0 Å². The van der Waals surface area contributed by atoms with Crippen molar-refractivity contribution in [3.63, 3.8) is 0 Å². The Bertz CT molecular complexity index is 929. The highest BCUT2D eigenvalue weighted by molar-refractivity contribution is 7.99. The van der Waals surface area contributed by atoms with Gasteiger partial charge in [0.25, 0.3) is 5.22 Å². The van der Waals surface area contributed by atoms with Gasteiger partial charge in [-0.15, -0.1) is 10.2 Å². The Labute approximate surface area is 173 Å². The molecule has 154 valence electrons. The number of rotatable bonds is 6. The summed E-state index contributed by atoms with van der Waals surface area (Å²) in [6, 6.07) is 7.65. The van der Waals surface area contributed by atoms with Gasteiger partial charge in [-0.3, -0.25) is 0 Å². The van der Waals surface area contributed by atoms with Crippen LogP contribution in [0.4, 0.5) is 4.79 Å². The zero-order valence-corrected chi connectivity index (χ0v) is 17.7. The molecule has 0 radical (unpaired) electrons. The van der Waals surface area contributed by atoms with Crippen molar-refractivity contribution in [3.05, 3.63) is 41.1 Å². The van der Waals surface area contributed by atoms with Crippen LogP contribution in [-0.4, -0.2) is 41.1 Å². The molecule has 0 bridgehead atoms. The second-order valence-corrected chi connectivity index (χ2v) is 8.40. The molecule has 8 nitrogen and oxygen atoms in total. The Hall–Kier alpha value is -2.81. The zero-order chi connectivity index (χ0) is 21.0. The van der Waals surface area contributed by atoms with Gasteiger partial charge in [-0.1, -0.05) is 44.7 Å². The van der Waals surface area contributed by atoms with E-state index in [0.29, 0.717) is 28.1 Å². The van der Waals surface area contributed by atoms with Gasteiger partial charge in [-0.2, -0.15) is 0 Å². The number of carbonyl (C=O) groups excluding carboxylic acids is 2. The Balaban J connectivity index is 1.71. The molecule has 0 spiro atoms. The highest BCUT2D eigenvalue weighted by atomic mass is 32.2. The maximum absolute atomic E-state index is 12.1. The molecule has 2 amide bonds. The second kappa shape index (κ2) is 8.69. The fraction of sp³-hybridized carbons (Fsp3) is 0.400. The van der Waals surface area contributed by atoms with Crippen molar-refractivity contribution in [3.8, 4) is 11.5 Å². The van der Waals surface area contributed by atoms with Gasteiger partial charge in [0.05, 0.1) is 18.7 Å². The predicted octanol–water partition coefficient (Wildman–Crippen LogP) is 3.26. The number of carbonyl (C=O) groups is 2. The van der Waals surface area contributed by atoms with Crippen molar-refractivity contribution < 1.29 is 18.7 Å². The lowest BCUT2D eigenvalue weighted by Gasteiger charge is -2.20. The van der Waals surface area contributed by atoms with Gasteiger partial charge in [0.15, 0.2) is 0 Å². The lowest BCUT2D eigenvalue weighted by Crippen LogP contribution is -2.44. The first-order valence-corrected chi connectivity index (χ1v) is 10.3. The van der Waals surface area contributed by atoms with Crippen LogP contribution in [0.5, 0.6) is 0 Å². The van der Waals surface area contributed by atoms with Crippen molar-refractivity contribution >= 4 is 23.8 Å². The number of nitrogens with one attached hydrogen (secondary N) is 2. The number of hydrogen-bond donors (Lipinski definition) is 2. The SMILES string of the molecule is CCOC(=O)C1=C(CSc2nnc(-c3ccc(C(C)(C)C)cc3)o2)NC(=O)NC1. The average Bonchev–Trinajstić information content (AvgIpc) is 3.15. The van der Waals surface area contributed by atoms with Crippen molar-refractivity contribution in [2.75, 3.05) is 18.9 Å². The summed E-state index contributed by atoms with van der Waals surface area (Å²) < 4.78 is 10.8. The Kier molecular flexibility index (Phi) is 6.26. The van der Waals surface area contributed by atoms with Gasteiger partial charge in [0.2, 0.25) is 5.89 Å². The summed E-state index contributed by atoms with van der Waals surface area (Å²) in [4.78, 5) is 23.7. The number of nitrogens with zero attached hydrogens (tertiary/aromatic N) is 2. The van der Waals surface area contributed by atoms with E-state index in [1.165, 1.54) is 17.3 Å². The molecular weight excluding hydrogens is 392 g/mol. The molecule has 2 N–H and O–H groups in total. The van der Waals surface area contributed by atoms with E-state index in [2.05, 4.69) is 41.6 Å². The molecule has 0 atom stereocenters. The molecule has 3 rings (SSSR count). The molecule has 1 aromatic heterocycles. The van der Waals surface area contributed by atoms with Gasteiger partial charge >= 0.3 is 12.0 Å². The van der Waals surface area contributed by atoms with Crippen LogP contribution in [0.2, 0.25) is 0 Å². The van der Waals surface area contributed by atoms with Gasteiger partial charge in [-0.25, -0.2) is 9.59 Å². The van der Waals surface area contributed by atoms with Crippen molar-refractivity contribution in [1.29, 1.82) is 0 Å². The summed E-state index contributed by atoms with van der Waals surface area (Å²) in [7, 11) is 0. The van der Waals surface area contributed by atoms with Crippen LogP contribution in [0.15, 0.2) is 45.2 Å². The van der Waals surface area contributed by atoms with Crippen LogP contribution in [0.1, 0.15) is 33.3 Å². The standard InChI is InChI=1S/C20H24N4O4S/c1-5-27-17(25)14-10-21-18(26)22-15(14)11-29-19-24-23-16(28-19)12-6-8-13(9-7-12)20(2,3)4/h6-9H,5,10-11H2,1-4H3,(H2,21,22,26). The van der Waals surface area contributed by atoms with E-state index in [0.717, 1.165) is 5.56 Å². The minimum absolute atomic E-state index is 0.0675. The van der Waals surface area contributed by atoms with Crippen molar-refractivity contribution in [1.82, 2.24) is 20.8 Å². The molecule has 1 aliphatic rings. The molecule has 1 aliphatic heterocycles. The van der Waals surface area contributed by atoms with E-state index in [1.54, 1.807) is 6.92 Å². The monoisotopic (exact) mass is 416 g/mol. The molecule has 2 aromatic rings. The lowest BCUT2D eigenvalue weighted by atomic mass is 9.87. The molecule has 0 aliphatic carbocycles. The van der Waals surface area contributed by atoms with Crippen molar-refractivity contribution in [2.24, 2.45) is 0 Å². The van der Waals surface area contributed by atoms with Crippen LogP contribution >= 0.6 is 11.8 Å². The summed E-state index contributed by atoms with van der Waals surface area (Å²) in [6.45, 7) is 8.58. The summed E-state index contributed by atoms with van der Waals surface area (Å²) in [6.07, 6.45) is 0. The molecule has 0 fully saturated rings. The van der Waals surface area contributed by atoms with E-state index >= 15 is 0 Å². The number of esters is 1. The van der Waals surface area contributed by atoms with E-state index in [4.69, 9.17) is 9.15 Å². The third-order valence-electron chi connectivity index (χ3n) is 4.32. The molecule has 0 saturated heterocycles. The number of hydrogen-bond acceptors (Lipinski definition) is 7. The van der Waals surface area contributed by atoms with Crippen molar-refractivity contribution in [2.45, 2.75) is 38.3 Å². The van der Waals surface area contributed by atoms with Gasteiger partial charge in [-0.05, 0) is 30.0 Å². The topological polar surface area (TPSA) is 106 Å². The summed E-state index contributed by atoms with van der Waals surface area (Å²) >= 11 is 1.24. The quantitative estimate of drug-likeness (QED) is 0.550. The highest BCUT2D eigenvalue weighted by Gasteiger charge is 2.24. The molecular formula is C20H24N4O4S. The molecule has 2 heterocycles. The summed E-state index contributed by atoms with van der Waals surface area (Å²) in [5, 5.41) is 13.7. The first-order chi connectivity index (χ1) is 13.8. The van der Waals surface area contributed by atoms with Crippen LogP contribution in [0.3, 0.4) is 0 Å². The van der Waals surface area contributed by atoms with Crippen LogP contribution in [0.25, 0.3) is 11.5 Å². The summed E-state index contributed by atoms with van der Waals surface area (Å²) in [5.41, 5.74) is 2.98. The lowest BCUT2D eigenvalue weighted by molar-refractivity contribution is -0.138. The first-order valence-electron chi connectivity index (χ1n) is 9.29.